The van der Waals surface area contributed by atoms with Crippen LogP contribution in [0.25, 0.3) is 17.1 Å². The highest BCUT2D eigenvalue weighted by Gasteiger charge is 2.11. The average molecular weight is 470 g/mol. The van der Waals surface area contributed by atoms with Crippen LogP contribution in [0.15, 0.2) is 84.9 Å². The number of nitrogens with zero attached hydrogens (tertiary/aromatic N) is 2. The van der Waals surface area contributed by atoms with Crippen LogP contribution in [-0.2, 0) is 17.8 Å². The van der Waals surface area contributed by atoms with Gasteiger partial charge < -0.3 is 19.4 Å². The van der Waals surface area contributed by atoms with E-state index in [4.69, 9.17) is 14.5 Å². The number of methoxy groups -OCH3 is 1. The molecule has 6 heteroatoms. The van der Waals surface area contributed by atoms with Crippen molar-refractivity contribution in [3.63, 3.8) is 0 Å². The van der Waals surface area contributed by atoms with Crippen molar-refractivity contribution in [3.8, 4) is 11.5 Å². The van der Waals surface area contributed by atoms with E-state index in [1.807, 2.05) is 78.9 Å². The Bertz CT molecular complexity index is 1260. The number of hydrogen-bond acceptors (Lipinski definition) is 4. The first-order chi connectivity index (χ1) is 17.2. The normalized spacial score (nSPS) is 11.1. The lowest BCUT2D eigenvalue weighted by Gasteiger charge is -2.12. The van der Waals surface area contributed by atoms with Crippen molar-refractivity contribution >= 4 is 23.0 Å². The maximum atomic E-state index is 12.1. The van der Waals surface area contributed by atoms with Crippen molar-refractivity contribution in [1.29, 1.82) is 0 Å². The first-order valence-electron chi connectivity index (χ1n) is 12.0. The number of aryl methyl sites for hydroxylation is 2. The van der Waals surface area contributed by atoms with Gasteiger partial charge in [-0.2, -0.15) is 0 Å². The molecule has 0 fully saturated rings. The first-order valence-corrected chi connectivity index (χ1v) is 12.0. The third-order valence-electron chi connectivity index (χ3n) is 5.69. The molecule has 0 aliphatic rings. The Morgan fingerprint density at radius 2 is 1.69 bits per heavy atom. The summed E-state index contributed by atoms with van der Waals surface area (Å²) in [6.45, 7) is 1.98. The van der Waals surface area contributed by atoms with Gasteiger partial charge >= 0.3 is 0 Å². The van der Waals surface area contributed by atoms with E-state index >= 15 is 0 Å². The van der Waals surface area contributed by atoms with Gasteiger partial charge in [0.15, 0.2) is 11.5 Å². The van der Waals surface area contributed by atoms with Gasteiger partial charge in [0.2, 0.25) is 5.91 Å². The van der Waals surface area contributed by atoms with Crippen LogP contribution in [0.1, 0.15) is 24.2 Å². The van der Waals surface area contributed by atoms with Gasteiger partial charge in [0.05, 0.1) is 24.8 Å². The van der Waals surface area contributed by atoms with Crippen LogP contribution in [0, 0.1) is 0 Å². The Morgan fingerprint density at radius 3 is 2.51 bits per heavy atom. The van der Waals surface area contributed by atoms with Gasteiger partial charge in [-0.25, -0.2) is 4.98 Å². The van der Waals surface area contributed by atoms with Crippen LogP contribution in [-0.4, -0.2) is 35.7 Å². The number of para-hydroxylation sites is 4. The standard InChI is InChI=1S/C29H31N3O3/c1-34-26-15-7-8-16-27(26)35-22-10-21-32-25-14-6-5-13-24(25)31-28(32)17-9-20-30-29(33)19-18-23-11-3-2-4-12-23/h2-8,11-16,18-19H,9-10,17,20-22H2,1H3,(H,30,33)/b19-18+. The molecule has 0 radical (unpaired) electrons. The summed E-state index contributed by atoms with van der Waals surface area (Å²) in [4.78, 5) is 17.0. The van der Waals surface area contributed by atoms with Gasteiger partial charge in [-0.3, -0.25) is 4.79 Å². The van der Waals surface area contributed by atoms with Crippen LogP contribution >= 0.6 is 0 Å². The molecule has 1 heterocycles. The molecule has 0 unspecified atom stereocenters. The number of fused-ring (bicyclic) bond motifs is 1. The van der Waals surface area contributed by atoms with E-state index in [1.54, 1.807) is 13.2 Å². The molecular formula is C29H31N3O3. The molecule has 0 bridgehead atoms. The summed E-state index contributed by atoms with van der Waals surface area (Å²) in [5, 5.41) is 2.96. The van der Waals surface area contributed by atoms with Crippen LogP contribution < -0.4 is 14.8 Å². The van der Waals surface area contributed by atoms with Crippen LogP contribution in [0.5, 0.6) is 11.5 Å². The minimum Gasteiger partial charge on any atom is -0.493 e. The Hall–Kier alpha value is -4.06. The highest BCUT2D eigenvalue weighted by Crippen LogP contribution is 2.26. The number of nitrogens with one attached hydrogen (secondary N) is 1. The molecule has 0 spiro atoms. The molecule has 0 aliphatic carbocycles. The number of hydrogen-bond donors (Lipinski definition) is 1. The number of carbonyl (C=O) groups excluding carboxylic acids is 1. The maximum Gasteiger partial charge on any atom is 0.243 e. The average Bonchev–Trinajstić information content (AvgIpc) is 3.26. The van der Waals surface area contributed by atoms with E-state index in [0.29, 0.717) is 13.2 Å². The fourth-order valence-corrected chi connectivity index (χ4v) is 3.96. The predicted octanol–water partition coefficient (Wildman–Crippen LogP) is 5.28. The molecular weight excluding hydrogens is 438 g/mol. The minimum atomic E-state index is -0.0872. The molecule has 0 saturated carbocycles. The Labute approximate surface area is 206 Å². The van der Waals surface area contributed by atoms with Gasteiger partial charge in [-0.1, -0.05) is 54.6 Å². The zero-order valence-corrected chi connectivity index (χ0v) is 20.0. The van der Waals surface area contributed by atoms with E-state index in [9.17, 15) is 4.79 Å². The topological polar surface area (TPSA) is 65.4 Å². The summed E-state index contributed by atoms with van der Waals surface area (Å²) in [5.41, 5.74) is 3.11. The molecule has 1 amide bonds. The SMILES string of the molecule is COc1ccccc1OCCCn1c(CCCNC(=O)/C=C/c2ccccc2)nc2ccccc21. The molecule has 4 rings (SSSR count). The number of aromatic nitrogens is 2. The summed E-state index contributed by atoms with van der Waals surface area (Å²) in [6, 6.07) is 25.7. The van der Waals surface area contributed by atoms with Gasteiger partial charge in [0, 0.05) is 25.6 Å². The lowest BCUT2D eigenvalue weighted by atomic mass is 10.2. The second-order valence-corrected chi connectivity index (χ2v) is 8.16. The highest BCUT2D eigenvalue weighted by atomic mass is 16.5. The first kappa shape index (κ1) is 24.1. The van der Waals surface area contributed by atoms with Crippen molar-refractivity contribution < 1.29 is 14.3 Å². The molecule has 1 N–H and O–H groups in total. The number of carbonyl (C=O) groups is 1. The molecule has 0 aliphatic heterocycles. The zero-order chi connectivity index (χ0) is 24.3. The molecule has 35 heavy (non-hydrogen) atoms. The van der Waals surface area contributed by atoms with E-state index in [1.165, 1.54) is 0 Å². The van der Waals surface area contributed by atoms with Crippen molar-refractivity contribution in [2.24, 2.45) is 0 Å². The number of rotatable bonds is 12. The van der Waals surface area contributed by atoms with Crippen LogP contribution in [0.4, 0.5) is 0 Å². The van der Waals surface area contributed by atoms with Gasteiger partial charge in [-0.05, 0) is 48.7 Å². The lowest BCUT2D eigenvalue weighted by Crippen LogP contribution is -2.22. The number of imidazole rings is 1. The van der Waals surface area contributed by atoms with Gasteiger partial charge in [0.25, 0.3) is 0 Å². The summed E-state index contributed by atoms with van der Waals surface area (Å²) in [5.74, 6) is 2.43. The van der Waals surface area contributed by atoms with Gasteiger partial charge in [0.1, 0.15) is 5.82 Å². The molecule has 1 aromatic heterocycles. The third kappa shape index (κ3) is 6.73. The van der Waals surface area contributed by atoms with Crippen molar-refractivity contribution in [2.45, 2.75) is 25.8 Å². The van der Waals surface area contributed by atoms with Crippen molar-refractivity contribution in [3.05, 3.63) is 96.3 Å². The fourth-order valence-electron chi connectivity index (χ4n) is 3.96. The Kier molecular flexibility index (Phi) is 8.54. The smallest absolute Gasteiger partial charge is 0.243 e. The van der Waals surface area contributed by atoms with Crippen molar-refractivity contribution in [2.75, 3.05) is 20.3 Å². The minimum absolute atomic E-state index is 0.0872. The number of amides is 1. The van der Waals surface area contributed by atoms with E-state index in [2.05, 4.69) is 16.0 Å². The largest absolute Gasteiger partial charge is 0.493 e. The number of benzene rings is 3. The van der Waals surface area contributed by atoms with Crippen LogP contribution in [0.2, 0.25) is 0 Å². The molecule has 4 aromatic rings. The number of ether oxygens (including phenoxy) is 2. The molecule has 0 atom stereocenters. The summed E-state index contributed by atoms with van der Waals surface area (Å²) in [6.07, 6.45) is 5.83. The lowest BCUT2D eigenvalue weighted by molar-refractivity contribution is -0.116. The second kappa shape index (κ2) is 12.4. The zero-order valence-electron chi connectivity index (χ0n) is 20.0. The van der Waals surface area contributed by atoms with Crippen LogP contribution in [0.3, 0.4) is 0 Å². The molecule has 3 aromatic carbocycles. The quantitative estimate of drug-likeness (QED) is 0.227. The summed E-state index contributed by atoms with van der Waals surface area (Å²) < 4.78 is 13.6. The molecule has 6 nitrogen and oxygen atoms in total. The van der Waals surface area contributed by atoms with Crippen molar-refractivity contribution in [1.82, 2.24) is 14.9 Å². The summed E-state index contributed by atoms with van der Waals surface area (Å²) in [7, 11) is 1.65. The summed E-state index contributed by atoms with van der Waals surface area (Å²) >= 11 is 0. The van der Waals surface area contributed by atoms with E-state index < -0.39 is 0 Å². The second-order valence-electron chi connectivity index (χ2n) is 8.16. The Morgan fingerprint density at radius 1 is 0.943 bits per heavy atom. The van der Waals surface area contributed by atoms with Gasteiger partial charge in [-0.15, -0.1) is 0 Å². The monoisotopic (exact) mass is 469 g/mol. The van der Waals surface area contributed by atoms with E-state index in [-0.39, 0.29) is 5.91 Å². The Balaban J connectivity index is 1.30. The molecule has 180 valence electrons. The van der Waals surface area contributed by atoms with E-state index in [0.717, 1.165) is 59.7 Å². The molecule has 0 saturated heterocycles. The predicted molar refractivity (Wildman–Crippen MR) is 140 cm³/mol. The highest BCUT2D eigenvalue weighted by molar-refractivity contribution is 5.91. The fraction of sp³-hybridized carbons (Fsp3) is 0.241. The maximum absolute atomic E-state index is 12.1. The third-order valence-corrected chi connectivity index (χ3v) is 5.69.